The van der Waals surface area contributed by atoms with Crippen LogP contribution in [0.5, 0.6) is 0 Å². The Morgan fingerprint density at radius 1 is 0.857 bits per heavy atom. The van der Waals surface area contributed by atoms with Gasteiger partial charge in [0, 0.05) is 26.2 Å². The first kappa shape index (κ1) is 24.3. The fraction of sp³-hybridized carbons (Fsp3) is 0.143. The highest BCUT2D eigenvalue weighted by Crippen LogP contribution is 2.45. The highest BCUT2D eigenvalue weighted by atomic mass is 127. The molecule has 35 heavy (non-hydrogen) atoms. The van der Waals surface area contributed by atoms with Crippen molar-refractivity contribution < 1.29 is 9.53 Å². The smallest absolute Gasteiger partial charge is 0.257 e. The van der Waals surface area contributed by atoms with E-state index in [1.165, 1.54) is 0 Å². The van der Waals surface area contributed by atoms with Gasteiger partial charge in [-0.25, -0.2) is 0 Å². The molecule has 1 aliphatic heterocycles. The first-order chi connectivity index (χ1) is 17.0. The molecule has 0 bridgehead atoms. The van der Waals surface area contributed by atoms with E-state index in [1.807, 2.05) is 89.8 Å². The van der Waals surface area contributed by atoms with Crippen molar-refractivity contribution in [3.63, 3.8) is 0 Å². The van der Waals surface area contributed by atoms with E-state index in [-0.39, 0.29) is 5.91 Å². The predicted octanol–water partition coefficient (Wildman–Crippen LogP) is 7.45. The second-order valence-corrected chi connectivity index (χ2v) is 10.5. The van der Waals surface area contributed by atoms with Crippen molar-refractivity contribution in [2.45, 2.75) is 24.7 Å². The van der Waals surface area contributed by atoms with Gasteiger partial charge in [-0.1, -0.05) is 59.6 Å². The van der Waals surface area contributed by atoms with Crippen LogP contribution in [0.4, 0.5) is 5.69 Å². The molecule has 0 saturated carbocycles. The van der Waals surface area contributed by atoms with E-state index in [2.05, 4.69) is 27.6 Å². The summed E-state index contributed by atoms with van der Waals surface area (Å²) < 4.78 is 7.76. The molecule has 0 spiro atoms. The molecular weight excluding hydrogens is 594 g/mol. The van der Waals surface area contributed by atoms with Gasteiger partial charge in [-0.3, -0.25) is 14.7 Å². The zero-order valence-electron chi connectivity index (χ0n) is 18.5. The number of pyridine rings is 1. The van der Waals surface area contributed by atoms with Gasteiger partial charge < -0.3 is 4.74 Å². The van der Waals surface area contributed by atoms with E-state index in [9.17, 15) is 4.79 Å². The molecule has 1 aliphatic rings. The van der Waals surface area contributed by atoms with E-state index < -0.39 is 18.2 Å². The van der Waals surface area contributed by atoms with Crippen LogP contribution in [0, 0.1) is 3.57 Å². The third-order valence-corrected chi connectivity index (χ3v) is 7.28. The number of anilines is 1. The molecule has 7 heteroatoms. The van der Waals surface area contributed by atoms with E-state index in [0.717, 1.165) is 20.3 Å². The van der Waals surface area contributed by atoms with Gasteiger partial charge in [-0.2, -0.15) is 0 Å². The van der Waals surface area contributed by atoms with Crippen LogP contribution in [0.3, 0.4) is 0 Å². The summed E-state index contributed by atoms with van der Waals surface area (Å²) >= 11 is 14.7. The molecule has 1 saturated heterocycles. The van der Waals surface area contributed by atoms with Crippen molar-refractivity contribution in [3.8, 4) is 0 Å². The molecule has 3 atom stereocenters. The van der Waals surface area contributed by atoms with Crippen LogP contribution in [-0.2, 0) is 16.0 Å². The van der Waals surface area contributed by atoms with Crippen LogP contribution in [-0.4, -0.2) is 17.0 Å². The Labute approximate surface area is 228 Å². The Morgan fingerprint density at radius 2 is 1.49 bits per heavy atom. The molecule has 0 radical (unpaired) electrons. The zero-order chi connectivity index (χ0) is 24.4. The van der Waals surface area contributed by atoms with E-state index in [0.29, 0.717) is 22.2 Å². The van der Waals surface area contributed by atoms with E-state index in [1.54, 1.807) is 12.4 Å². The Hall–Kier alpha value is -2.45. The van der Waals surface area contributed by atoms with Crippen LogP contribution in [0.15, 0.2) is 97.3 Å². The average Bonchev–Trinajstić information content (AvgIpc) is 2.88. The molecule has 3 unspecified atom stereocenters. The Bertz CT molecular complexity index is 1300. The van der Waals surface area contributed by atoms with Crippen LogP contribution in [0.1, 0.15) is 28.8 Å². The fourth-order valence-corrected chi connectivity index (χ4v) is 5.00. The van der Waals surface area contributed by atoms with Crippen molar-refractivity contribution in [1.82, 2.24) is 4.98 Å². The van der Waals surface area contributed by atoms with Gasteiger partial charge in [0.1, 0.15) is 12.2 Å². The molecule has 0 N–H and O–H groups in total. The summed E-state index contributed by atoms with van der Waals surface area (Å²) in [5, 5.41) is 1.27. The number of carbonyl (C=O) groups excluding carboxylic acids is 1. The van der Waals surface area contributed by atoms with Crippen molar-refractivity contribution in [1.29, 1.82) is 0 Å². The Kier molecular flexibility index (Phi) is 7.39. The molecule has 0 aliphatic carbocycles. The lowest BCUT2D eigenvalue weighted by atomic mass is 9.90. The lowest BCUT2D eigenvalue weighted by molar-refractivity contribution is -0.145. The largest absolute Gasteiger partial charge is 0.358 e. The second kappa shape index (κ2) is 10.7. The van der Waals surface area contributed by atoms with Gasteiger partial charge in [0.15, 0.2) is 0 Å². The van der Waals surface area contributed by atoms with Gasteiger partial charge in [0.05, 0.1) is 17.9 Å². The summed E-state index contributed by atoms with van der Waals surface area (Å²) in [5.74, 6) is -0.110. The van der Waals surface area contributed by atoms with Crippen molar-refractivity contribution >= 4 is 57.4 Å². The van der Waals surface area contributed by atoms with Gasteiger partial charge in [0.2, 0.25) is 0 Å². The van der Waals surface area contributed by atoms with E-state index in [4.69, 9.17) is 27.9 Å². The number of benzene rings is 3. The molecule has 2 heterocycles. The third-order valence-electron chi connectivity index (χ3n) is 6.06. The fourth-order valence-electron chi connectivity index (χ4n) is 4.39. The highest BCUT2D eigenvalue weighted by molar-refractivity contribution is 14.1. The summed E-state index contributed by atoms with van der Waals surface area (Å²) in [5.41, 5.74) is 3.60. The number of rotatable bonds is 5. The minimum Gasteiger partial charge on any atom is -0.358 e. The number of nitrogens with zero attached hydrogens (tertiary/aromatic N) is 2. The van der Waals surface area contributed by atoms with Crippen molar-refractivity contribution in [3.05, 3.63) is 128 Å². The summed E-state index contributed by atoms with van der Waals surface area (Å²) in [6.07, 6.45) is 2.78. The molecule has 4 aromatic rings. The average molecular weight is 615 g/mol. The number of ether oxygens (including phenoxy) is 1. The van der Waals surface area contributed by atoms with Crippen molar-refractivity contribution in [2.75, 3.05) is 4.90 Å². The molecular formula is C28H21Cl2IN2O2. The third kappa shape index (κ3) is 5.38. The summed E-state index contributed by atoms with van der Waals surface area (Å²) in [6, 6.07) is 26.6. The van der Waals surface area contributed by atoms with Gasteiger partial charge >= 0.3 is 0 Å². The quantitative estimate of drug-likeness (QED) is 0.219. The number of carbonyl (C=O) groups is 1. The molecule has 176 valence electrons. The van der Waals surface area contributed by atoms with Crippen LogP contribution < -0.4 is 4.90 Å². The van der Waals surface area contributed by atoms with E-state index >= 15 is 0 Å². The molecule has 1 aromatic heterocycles. The number of halogens is 3. The Balaban J connectivity index is 1.63. The molecule has 1 fully saturated rings. The summed E-state index contributed by atoms with van der Waals surface area (Å²) in [7, 11) is 0. The number of morpholine rings is 1. The summed E-state index contributed by atoms with van der Waals surface area (Å²) in [4.78, 5) is 20.1. The van der Waals surface area contributed by atoms with Crippen LogP contribution in [0.2, 0.25) is 10.0 Å². The maximum absolute atomic E-state index is 14.0. The maximum atomic E-state index is 14.0. The summed E-state index contributed by atoms with van der Waals surface area (Å²) in [6.45, 7) is 0. The number of amides is 1. The standard InChI is InChI=1S/C28H21Cl2IN2O2/c29-21-9-5-19(6-10-21)26-27(20-7-11-22(30)12-8-20)35-25(16-18-3-13-23(31)14-4-18)28(34)33(26)24-2-1-15-32-17-24/h1-15,17,25-27H,16H2. The molecule has 1 amide bonds. The van der Waals surface area contributed by atoms with Gasteiger partial charge in [0.25, 0.3) is 5.91 Å². The SMILES string of the molecule is O=C1C(Cc2ccc(I)cc2)OC(c2ccc(Cl)cc2)C(c2ccc(Cl)cc2)N1c1cccnc1. The lowest BCUT2D eigenvalue weighted by Crippen LogP contribution is -2.51. The zero-order valence-corrected chi connectivity index (χ0v) is 22.2. The molecule has 3 aromatic carbocycles. The maximum Gasteiger partial charge on any atom is 0.257 e. The first-order valence-corrected chi connectivity index (χ1v) is 13.0. The highest BCUT2D eigenvalue weighted by Gasteiger charge is 2.44. The molecule has 5 rings (SSSR count). The molecule has 4 nitrogen and oxygen atoms in total. The number of hydrogen-bond donors (Lipinski definition) is 0. The normalized spacial score (nSPS) is 20.1. The predicted molar refractivity (Wildman–Crippen MR) is 148 cm³/mol. The van der Waals surface area contributed by atoms with Crippen LogP contribution in [0.25, 0.3) is 0 Å². The second-order valence-electron chi connectivity index (χ2n) is 8.34. The first-order valence-electron chi connectivity index (χ1n) is 11.1. The lowest BCUT2D eigenvalue weighted by Gasteiger charge is -2.44. The monoisotopic (exact) mass is 614 g/mol. The minimum atomic E-state index is -0.667. The topological polar surface area (TPSA) is 42.4 Å². The van der Waals surface area contributed by atoms with Gasteiger partial charge in [-0.15, -0.1) is 0 Å². The minimum absolute atomic E-state index is 0.110. The van der Waals surface area contributed by atoms with Crippen molar-refractivity contribution in [2.24, 2.45) is 0 Å². The number of hydrogen-bond acceptors (Lipinski definition) is 3. The Morgan fingerprint density at radius 3 is 2.09 bits per heavy atom. The number of aromatic nitrogens is 1. The van der Waals surface area contributed by atoms with Crippen LogP contribution >= 0.6 is 45.8 Å². The van der Waals surface area contributed by atoms with Gasteiger partial charge in [-0.05, 0) is 87.8 Å².